The highest BCUT2D eigenvalue weighted by atomic mass is 19.4. The Bertz CT molecular complexity index is 372. The zero-order chi connectivity index (χ0) is 11.8. The third-order valence-corrected chi connectivity index (χ3v) is 2.67. The molecule has 1 aromatic heterocycles. The fourth-order valence-corrected chi connectivity index (χ4v) is 1.76. The van der Waals surface area contributed by atoms with Gasteiger partial charge in [0, 0.05) is 6.20 Å². The summed E-state index contributed by atoms with van der Waals surface area (Å²) in [7, 11) is 0. The summed E-state index contributed by atoms with van der Waals surface area (Å²) in [4.78, 5) is 3.54. The molecule has 0 radical (unpaired) electrons. The molecule has 16 heavy (non-hydrogen) atoms. The van der Waals surface area contributed by atoms with Gasteiger partial charge in [-0.15, -0.1) is 0 Å². The van der Waals surface area contributed by atoms with E-state index in [0.717, 1.165) is 25.1 Å². The standard InChI is InChI=1S/C11H12F3NO/c1-7-2-9(3-7)16-10-4-8(5-15-6-10)11(12,13)14/h4-7,9H,2-3H2,1H3. The average molecular weight is 231 g/mol. The van der Waals surface area contributed by atoms with Gasteiger partial charge in [0.15, 0.2) is 0 Å². The number of aromatic nitrogens is 1. The number of alkyl halides is 3. The second-order valence-corrected chi connectivity index (χ2v) is 4.22. The van der Waals surface area contributed by atoms with Gasteiger partial charge in [0.05, 0.1) is 17.9 Å². The van der Waals surface area contributed by atoms with Crippen molar-refractivity contribution in [1.82, 2.24) is 4.98 Å². The molecule has 0 bridgehead atoms. The van der Waals surface area contributed by atoms with Crippen molar-refractivity contribution in [2.24, 2.45) is 5.92 Å². The highest BCUT2D eigenvalue weighted by molar-refractivity contribution is 5.25. The zero-order valence-corrected chi connectivity index (χ0v) is 8.79. The van der Waals surface area contributed by atoms with Gasteiger partial charge in [-0.3, -0.25) is 4.98 Å². The van der Waals surface area contributed by atoms with E-state index in [4.69, 9.17) is 4.74 Å². The molecule has 0 atom stereocenters. The van der Waals surface area contributed by atoms with Crippen LogP contribution in [-0.4, -0.2) is 11.1 Å². The maximum Gasteiger partial charge on any atom is 0.418 e. The third kappa shape index (κ3) is 2.46. The Labute approximate surface area is 91.4 Å². The molecule has 2 rings (SSSR count). The van der Waals surface area contributed by atoms with Gasteiger partial charge in [-0.1, -0.05) is 6.92 Å². The summed E-state index contributed by atoms with van der Waals surface area (Å²) in [5, 5.41) is 0. The van der Waals surface area contributed by atoms with E-state index in [9.17, 15) is 13.2 Å². The minimum atomic E-state index is -4.36. The minimum absolute atomic E-state index is 0.0419. The summed E-state index contributed by atoms with van der Waals surface area (Å²) < 4.78 is 42.5. The van der Waals surface area contributed by atoms with Gasteiger partial charge in [-0.25, -0.2) is 0 Å². The molecule has 0 spiro atoms. The lowest BCUT2D eigenvalue weighted by Crippen LogP contribution is -2.32. The van der Waals surface area contributed by atoms with Crippen molar-refractivity contribution in [3.05, 3.63) is 24.0 Å². The van der Waals surface area contributed by atoms with Crippen LogP contribution in [0.4, 0.5) is 13.2 Å². The van der Waals surface area contributed by atoms with Crippen LogP contribution >= 0.6 is 0 Å². The summed E-state index contributed by atoms with van der Waals surface area (Å²) in [6.45, 7) is 2.09. The van der Waals surface area contributed by atoms with Crippen LogP contribution in [0.15, 0.2) is 18.5 Å². The number of rotatable bonds is 2. The smallest absolute Gasteiger partial charge is 0.418 e. The molecule has 0 unspecified atom stereocenters. The first-order chi connectivity index (χ1) is 7.45. The van der Waals surface area contributed by atoms with Crippen LogP contribution < -0.4 is 4.74 Å². The molecular formula is C11H12F3NO. The number of ether oxygens (including phenoxy) is 1. The van der Waals surface area contributed by atoms with Crippen LogP contribution in [0, 0.1) is 5.92 Å². The normalized spacial score (nSPS) is 25.0. The van der Waals surface area contributed by atoms with Crippen LogP contribution in [-0.2, 0) is 6.18 Å². The van der Waals surface area contributed by atoms with Crippen molar-refractivity contribution in [2.75, 3.05) is 0 Å². The van der Waals surface area contributed by atoms with Crippen molar-refractivity contribution in [1.29, 1.82) is 0 Å². The van der Waals surface area contributed by atoms with Gasteiger partial charge in [0.25, 0.3) is 0 Å². The first-order valence-electron chi connectivity index (χ1n) is 5.14. The first-order valence-corrected chi connectivity index (χ1v) is 5.14. The van der Waals surface area contributed by atoms with Crippen molar-refractivity contribution < 1.29 is 17.9 Å². The van der Waals surface area contributed by atoms with Gasteiger partial charge in [-0.05, 0) is 24.8 Å². The fraction of sp³-hybridized carbons (Fsp3) is 0.545. The molecule has 0 aliphatic heterocycles. The molecule has 0 saturated heterocycles. The molecular weight excluding hydrogens is 219 g/mol. The lowest BCUT2D eigenvalue weighted by molar-refractivity contribution is -0.138. The van der Waals surface area contributed by atoms with E-state index in [1.165, 1.54) is 6.20 Å². The van der Waals surface area contributed by atoms with Crippen LogP contribution in [0.2, 0.25) is 0 Å². The summed E-state index contributed by atoms with van der Waals surface area (Å²) in [5.41, 5.74) is -0.766. The molecule has 1 saturated carbocycles. The molecule has 2 nitrogen and oxygen atoms in total. The van der Waals surface area contributed by atoms with Gasteiger partial charge in [0.1, 0.15) is 5.75 Å². The molecule has 0 amide bonds. The van der Waals surface area contributed by atoms with Crippen molar-refractivity contribution in [3.63, 3.8) is 0 Å². The molecule has 0 aromatic carbocycles. The quantitative estimate of drug-likeness (QED) is 0.779. The lowest BCUT2D eigenvalue weighted by atomic mass is 9.84. The van der Waals surface area contributed by atoms with E-state index >= 15 is 0 Å². The zero-order valence-electron chi connectivity index (χ0n) is 8.79. The van der Waals surface area contributed by atoms with Gasteiger partial charge in [-0.2, -0.15) is 13.2 Å². The van der Waals surface area contributed by atoms with Crippen LogP contribution in [0.3, 0.4) is 0 Å². The number of nitrogens with zero attached hydrogens (tertiary/aromatic N) is 1. The number of hydrogen-bond acceptors (Lipinski definition) is 2. The van der Waals surface area contributed by atoms with Crippen molar-refractivity contribution in [3.8, 4) is 5.75 Å². The Hall–Kier alpha value is -1.26. The van der Waals surface area contributed by atoms with E-state index in [0.29, 0.717) is 5.92 Å². The van der Waals surface area contributed by atoms with Gasteiger partial charge >= 0.3 is 6.18 Å². The van der Waals surface area contributed by atoms with Crippen LogP contribution in [0.5, 0.6) is 5.75 Å². The molecule has 1 aliphatic rings. The highest BCUT2D eigenvalue weighted by Crippen LogP contribution is 2.33. The minimum Gasteiger partial charge on any atom is -0.489 e. The predicted molar refractivity (Wildman–Crippen MR) is 52.1 cm³/mol. The maximum atomic E-state index is 12.4. The monoisotopic (exact) mass is 231 g/mol. The third-order valence-electron chi connectivity index (χ3n) is 2.67. The Kier molecular flexibility index (Phi) is 2.78. The van der Waals surface area contributed by atoms with E-state index in [1.807, 2.05) is 0 Å². The molecule has 1 aliphatic carbocycles. The molecule has 5 heteroatoms. The largest absolute Gasteiger partial charge is 0.489 e. The SMILES string of the molecule is CC1CC(Oc2cncc(C(F)(F)F)c2)C1. The molecule has 88 valence electrons. The van der Waals surface area contributed by atoms with Crippen LogP contribution in [0.25, 0.3) is 0 Å². The number of hydrogen-bond donors (Lipinski definition) is 0. The first kappa shape index (κ1) is 11.2. The Balaban J connectivity index is 2.05. The summed E-state index contributed by atoms with van der Waals surface area (Å²) in [6, 6.07) is 0.996. The Morgan fingerprint density at radius 2 is 2.00 bits per heavy atom. The molecule has 1 heterocycles. The van der Waals surface area contributed by atoms with Crippen LogP contribution in [0.1, 0.15) is 25.3 Å². The van der Waals surface area contributed by atoms with E-state index in [1.54, 1.807) is 0 Å². The van der Waals surface area contributed by atoms with Crippen molar-refractivity contribution >= 4 is 0 Å². The molecule has 1 fully saturated rings. The van der Waals surface area contributed by atoms with Gasteiger partial charge in [0.2, 0.25) is 0 Å². The summed E-state index contributed by atoms with van der Waals surface area (Å²) in [6.07, 6.45) is -0.402. The highest BCUT2D eigenvalue weighted by Gasteiger charge is 2.32. The lowest BCUT2D eigenvalue weighted by Gasteiger charge is -2.32. The molecule has 1 aromatic rings. The van der Waals surface area contributed by atoms with Gasteiger partial charge < -0.3 is 4.74 Å². The summed E-state index contributed by atoms with van der Waals surface area (Å²) >= 11 is 0. The van der Waals surface area contributed by atoms with E-state index in [-0.39, 0.29) is 11.9 Å². The second kappa shape index (κ2) is 3.96. The topological polar surface area (TPSA) is 22.1 Å². The van der Waals surface area contributed by atoms with E-state index < -0.39 is 11.7 Å². The maximum absolute atomic E-state index is 12.4. The Morgan fingerprint density at radius 1 is 1.31 bits per heavy atom. The Morgan fingerprint density at radius 3 is 2.56 bits per heavy atom. The summed E-state index contributed by atoms with van der Waals surface area (Å²) in [5.74, 6) is 0.801. The van der Waals surface area contributed by atoms with E-state index in [2.05, 4.69) is 11.9 Å². The molecule has 0 N–H and O–H groups in total. The fourth-order valence-electron chi connectivity index (χ4n) is 1.76. The number of halogens is 3. The van der Waals surface area contributed by atoms with Crippen molar-refractivity contribution in [2.45, 2.75) is 32.0 Å². The number of pyridine rings is 1. The second-order valence-electron chi connectivity index (χ2n) is 4.22. The predicted octanol–water partition coefficient (Wildman–Crippen LogP) is 3.28. The average Bonchev–Trinajstić information content (AvgIpc) is 2.14.